The summed E-state index contributed by atoms with van der Waals surface area (Å²) in [7, 11) is 0. The molecule has 0 aliphatic rings. The van der Waals surface area contributed by atoms with Crippen LogP contribution in [0.4, 0.5) is 0 Å². The molecule has 5 aromatic carbocycles. The summed E-state index contributed by atoms with van der Waals surface area (Å²) in [6, 6.07) is 26.6. The molecule has 0 nitrogen and oxygen atoms in total. The van der Waals surface area contributed by atoms with Gasteiger partial charge in [0.15, 0.2) is 0 Å². The molecule has 6 aromatic rings. The summed E-state index contributed by atoms with van der Waals surface area (Å²) in [6.07, 6.45) is 0. The summed E-state index contributed by atoms with van der Waals surface area (Å²) in [5.74, 6) is 0. The van der Waals surface area contributed by atoms with Crippen LogP contribution >= 0.6 is 43.2 Å². The Hall–Kier alpha value is -1.94. The van der Waals surface area contributed by atoms with E-state index in [1.165, 1.54) is 57.0 Å². The van der Waals surface area contributed by atoms with Crippen LogP contribution in [0.5, 0.6) is 0 Å². The van der Waals surface area contributed by atoms with Crippen molar-refractivity contribution in [2.75, 3.05) is 0 Å². The zero-order valence-electron chi connectivity index (χ0n) is 14.1. The molecule has 0 radical (unpaired) electrons. The van der Waals surface area contributed by atoms with Crippen molar-refractivity contribution in [2.24, 2.45) is 0 Å². The molecule has 0 saturated carbocycles. The fourth-order valence-electron chi connectivity index (χ4n) is 4.18. The quantitative estimate of drug-likeness (QED) is 0.186. The minimum atomic E-state index is 1.12. The normalized spacial score (nSPS) is 12.1. The highest BCUT2D eigenvalue weighted by atomic mass is 79.9. The highest BCUT2D eigenvalue weighted by molar-refractivity contribution is 9.11. The Kier molecular flexibility index (Phi) is 3.44. The van der Waals surface area contributed by atoms with Crippen molar-refractivity contribution in [3.8, 4) is 0 Å². The van der Waals surface area contributed by atoms with Gasteiger partial charge in [0.2, 0.25) is 0 Å². The van der Waals surface area contributed by atoms with Gasteiger partial charge >= 0.3 is 0 Å². The van der Waals surface area contributed by atoms with Crippen molar-refractivity contribution in [2.45, 2.75) is 0 Å². The van der Waals surface area contributed by atoms with Gasteiger partial charge in [-0.2, -0.15) is 0 Å². The molecule has 0 amide bonds. The van der Waals surface area contributed by atoms with Gasteiger partial charge in [-0.25, -0.2) is 0 Å². The molecule has 1 aromatic heterocycles. The Morgan fingerprint density at radius 2 is 1.19 bits per heavy atom. The third-order valence-electron chi connectivity index (χ3n) is 5.37. The van der Waals surface area contributed by atoms with Crippen molar-refractivity contribution in [3.63, 3.8) is 0 Å². The van der Waals surface area contributed by atoms with Gasteiger partial charge in [0.05, 0.1) is 0 Å². The van der Waals surface area contributed by atoms with Crippen LogP contribution < -0.4 is 0 Å². The molecule has 0 spiro atoms. The first-order valence-electron chi connectivity index (χ1n) is 8.75. The topological polar surface area (TPSA) is 0 Å². The molecule has 0 unspecified atom stereocenters. The second kappa shape index (κ2) is 5.78. The van der Waals surface area contributed by atoms with Crippen LogP contribution in [0.25, 0.3) is 52.5 Å². The average molecular weight is 492 g/mol. The molecule has 3 heteroatoms. The van der Waals surface area contributed by atoms with E-state index in [9.17, 15) is 0 Å². The molecule has 0 fully saturated rings. The van der Waals surface area contributed by atoms with Gasteiger partial charge in [0, 0.05) is 29.1 Å². The SMILES string of the molecule is Brc1ccc2c(c1)c1ccccc1c1cc3c(cc21)sc1c(Br)cccc13. The van der Waals surface area contributed by atoms with Crippen LogP contribution in [-0.2, 0) is 0 Å². The van der Waals surface area contributed by atoms with E-state index < -0.39 is 0 Å². The Labute approximate surface area is 176 Å². The Balaban J connectivity index is 1.93. The minimum absolute atomic E-state index is 1.12. The van der Waals surface area contributed by atoms with Gasteiger partial charge in [-0.05, 0) is 78.6 Å². The number of halogens is 2. The highest BCUT2D eigenvalue weighted by Crippen LogP contribution is 2.43. The van der Waals surface area contributed by atoms with Gasteiger partial charge in [0.25, 0.3) is 0 Å². The van der Waals surface area contributed by atoms with Crippen LogP contribution in [0.15, 0.2) is 81.7 Å². The maximum atomic E-state index is 3.72. The molecule has 128 valence electrons. The summed E-state index contributed by atoms with van der Waals surface area (Å²) in [4.78, 5) is 0. The van der Waals surface area contributed by atoms with Crippen LogP contribution in [0.3, 0.4) is 0 Å². The van der Waals surface area contributed by atoms with Gasteiger partial charge < -0.3 is 0 Å². The van der Waals surface area contributed by atoms with E-state index in [2.05, 4.69) is 105 Å². The Morgan fingerprint density at radius 3 is 2.00 bits per heavy atom. The predicted molar refractivity (Wildman–Crippen MR) is 127 cm³/mol. The first-order chi connectivity index (χ1) is 13.2. The molecule has 27 heavy (non-hydrogen) atoms. The third kappa shape index (κ3) is 2.25. The predicted octanol–water partition coefficient (Wildman–Crippen LogP) is 9.04. The smallest absolute Gasteiger partial charge is 0.0497 e. The van der Waals surface area contributed by atoms with E-state index in [1.807, 2.05) is 11.3 Å². The van der Waals surface area contributed by atoms with E-state index in [0.29, 0.717) is 0 Å². The van der Waals surface area contributed by atoms with E-state index in [0.717, 1.165) is 4.47 Å². The van der Waals surface area contributed by atoms with Crippen LogP contribution in [0.1, 0.15) is 0 Å². The van der Waals surface area contributed by atoms with Crippen LogP contribution in [0, 0.1) is 0 Å². The fraction of sp³-hybridized carbons (Fsp3) is 0. The highest BCUT2D eigenvalue weighted by Gasteiger charge is 2.13. The number of hydrogen-bond donors (Lipinski definition) is 0. The third-order valence-corrected chi connectivity index (χ3v) is 7.99. The van der Waals surface area contributed by atoms with Crippen LogP contribution in [0.2, 0.25) is 0 Å². The lowest BCUT2D eigenvalue weighted by molar-refractivity contribution is 1.74. The zero-order chi connectivity index (χ0) is 18.1. The molecular weight excluding hydrogens is 480 g/mol. The molecule has 0 aliphatic carbocycles. The molecule has 0 aliphatic heterocycles. The molecular formula is C24H12Br2S. The second-order valence-electron chi connectivity index (χ2n) is 6.85. The lowest BCUT2D eigenvalue weighted by Gasteiger charge is -2.11. The van der Waals surface area contributed by atoms with Crippen molar-refractivity contribution < 1.29 is 0 Å². The van der Waals surface area contributed by atoms with Gasteiger partial charge in [0.1, 0.15) is 0 Å². The standard InChI is InChI=1S/C24H12Br2S/c25-13-8-9-16-18(10-13)14-4-1-2-5-15(14)19-11-21-17-6-3-7-22(26)24(17)27-23(21)12-20(16)19/h1-12H. The largest absolute Gasteiger partial charge is 0.134 e. The van der Waals surface area contributed by atoms with E-state index >= 15 is 0 Å². The van der Waals surface area contributed by atoms with Crippen molar-refractivity contribution in [1.29, 1.82) is 0 Å². The first kappa shape index (κ1) is 16.1. The lowest BCUT2D eigenvalue weighted by atomic mass is 9.93. The summed E-state index contributed by atoms with van der Waals surface area (Å²) in [5.41, 5.74) is 0. The number of benzene rings is 5. The summed E-state index contributed by atoms with van der Waals surface area (Å²) < 4.78 is 4.94. The molecule has 0 atom stereocenters. The summed E-state index contributed by atoms with van der Waals surface area (Å²) >= 11 is 9.24. The maximum absolute atomic E-state index is 3.72. The minimum Gasteiger partial charge on any atom is -0.134 e. The molecule has 1 heterocycles. The van der Waals surface area contributed by atoms with E-state index in [1.54, 1.807) is 0 Å². The Morgan fingerprint density at radius 1 is 0.519 bits per heavy atom. The van der Waals surface area contributed by atoms with E-state index in [4.69, 9.17) is 0 Å². The molecule has 0 bridgehead atoms. The fourth-order valence-corrected chi connectivity index (χ4v) is 6.28. The van der Waals surface area contributed by atoms with Crippen LogP contribution in [-0.4, -0.2) is 0 Å². The average Bonchev–Trinajstić information content (AvgIpc) is 3.06. The monoisotopic (exact) mass is 490 g/mol. The van der Waals surface area contributed by atoms with Gasteiger partial charge in [-0.3, -0.25) is 0 Å². The molecule has 6 rings (SSSR count). The van der Waals surface area contributed by atoms with Gasteiger partial charge in [-0.15, -0.1) is 11.3 Å². The first-order valence-corrected chi connectivity index (χ1v) is 11.2. The molecule has 0 saturated heterocycles. The summed E-state index contributed by atoms with van der Waals surface area (Å²) in [6.45, 7) is 0. The number of thiophene rings is 1. The van der Waals surface area contributed by atoms with Gasteiger partial charge in [-0.1, -0.05) is 58.4 Å². The Bertz CT molecular complexity index is 1540. The zero-order valence-corrected chi connectivity index (χ0v) is 18.1. The number of hydrogen-bond acceptors (Lipinski definition) is 1. The number of fused-ring (bicyclic) bond motifs is 9. The summed E-state index contributed by atoms with van der Waals surface area (Å²) in [5, 5.41) is 10.5. The van der Waals surface area contributed by atoms with Crippen molar-refractivity contribution in [3.05, 3.63) is 81.7 Å². The lowest BCUT2D eigenvalue weighted by Crippen LogP contribution is -1.83. The second-order valence-corrected chi connectivity index (χ2v) is 9.67. The number of rotatable bonds is 0. The van der Waals surface area contributed by atoms with E-state index in [-0.39, 0.29) is 0 Å². The van der Waals surface area contributed by atoms with Crippen molar-refractivity contribution >= 4 is 95.7 Å². The molecule has 0 N–H and O–H groups in total. The maximum Gasteiger partial charge on any atom is 0.0497 e. The van der Waals surface area contributed by atoms with Crippen molar-refractivity contribution in [1.82, 2.24) is 0 Å².